The van der Waals surface area contributed by atoms with Crippen LogP contribution in [0.1, 0.15) is 34.5 Å². The molecule has 0 aliphatic carbocycles. The third-order valence-electron chi connectivity index (χ3n) is 4.50. The van der Waals surface area contributed by atoms with Gasteiger partial charge in [0.25, 0.3) is 5.91 Å². The van der Waals surface area contributed by atoms with Gasteiger partial charge in [0.05, 0.1) is 19.3 Å². The van der Waals surface area contributed by atoms with Crippen LogP contribution in [0.4, 0.5) is 4.39 Å². The van der Waals surface area contributed by atoms with Crippen LogP contribution in [0.5, 0.6) is 5.75 Å². The van der Waals surface area contributed by atoms with E-state index in [-0.39, 0.29) is 17.8 Å². The average Bonchev–Trinajstić information content (AvgIpc) is 2.68. The fraction of sp³-hybridized carbons (Fsp3) is 0.182. The summed E-state index contributed by atoms with van der Waals surface area (Å²) < 4.78 is 19.2. The number of nitrogens with zero attached hydrogens (tertiary/aromatic N) is 1. The second kappa shape index (κ2) is 7.99. The maximum atomic E-state index is 13.9. The van der Waals surface area contributed by atoms with Crippen LogP contribution in [0, 0.1) is 12.7 Å². The molecule has 1 heterocycles. The summed E-state index contributed by atoms with van der Waals surface area (Å²) in [5.74, 6) is 0.179. The number of nitrogens with one attached hydrogen (secondary N) is 1. The summed E-state index contributed by atoms with van der Waals surface area (Å²) in [4.78, 5) is 16.5. The van der Waals surface area contributed by atoms with E-state index in [0.29, 0.717) is 16.7 Å². The summed E-state index contributed by atoms with van der Waals surface area (Å²) in [6, 6.07) is 14.3. The monoisotopic (exact) mass is 364 g/mol. The van der Waals surface area contributed by atoms with Crippen molar-refractivity contribution in [2.45, 2.75) is 19.9 Å². The Kier molecular flexibility index (Phi) is 5.50. The van der Waals surface area contributed by atoms with Crippen LogP contribution < -0.4 is 10.1 Å². The lowest BCUT2D eigenvalue weighted by Gasteiger charge is -2.16. The fourth-order valence-corrected chi connectivity index (χ4v) is 2.96. The zero-order valence-electron chi connectivity index (χ0n) is 15.5. The molecule has 1 atom stereocenters. The van der Waals surface area contributed by atoms with Crippen molar-refractivity contribution < 1.29 is 13.9 Å². The first-order valence-electron chi connectivity index (χ1n) is 8.65. The molecule has 138 valence electrons. The summed E-state index contributed by atoms with van der Waals surface area (Å²) in [6.07, 6.45) is 2.73. The van der Waals surface area contributed by atoms with E-state index in [1.807, 2.05) is 44.2 Å². The second-order valence-corrected chi connectivity index (χ2v) is 6.36. The topological polar surface area (TPSA) is 51.2 Å². The lowest BCUT2D eigenvalue weighted by Crippen LogP contribution is -2.27. The van der Waals surface area contributed by atoms with Crippen molar-refractivity contribution in [1.82, 2.24) is 10.3 Å². The van der Waals surface area contributed by atoms with Crippen LogP contribution in [0.3, 0.4) is 0 Å². The van der Waals surface area contributed by atoms with Crippen molar-refractivity contribution in [3.05, 3.63) is 83.4 Å². The molecule has 3 aromatic rings. The first kappa shape index (κ1) is 18.6. The molecule has 0 saturated heterocycles. The normalized spacial score (nSPS) is 11.7. The van der Waals surface area contributed by atoms with Crippen molar-refractivity contribution in [2.75, 3.05) is 7.11 Å². The van der Waals surface area contributed by atoms with E-state index in [0.717, 1.165) is 16.9 Å². The van der Waals surface area contributed by atoms with Gasteiger partial charge >= 0.3 is 0 Å². The van der Waals surface area contributed by atoms with E-state index in [1.54, 1.807) is 31.5 Å². The second-order valence-electron chi connectivity index (χ2n) is 6.36. The van der Waals surface area contributed by atoms with Crippen LogP contribution in [0.15, 0.2) is 60.9 Å². The lowest BCUT2D eigenvalue weighted by atomic mass is 9.99. The number of ether oxygens (including phenoxy) is 1. The predicted octanol–water partition coefficient (Wildman–Crippen LogP) is 4.70. The molecule has 1 unspecified atom stereocenters. The molecule has 0 spiro atoms. The van der Waals surface area contributed by atoms with E-state index in [2.05, 4.69) is 10.3 Å². The highest BCUT2D eigenvalue weighted by Crippen LogP contribution is 2.25. The first-order chi connectivity index (χ1) is 13.0. The summed E-state index contributed by atoms with van der Waals surface area (Å²) in [6.45, 7) is 3.76. The highest BCUT2D eigenvalue weighted by atomic mass is 19.1. The Balaban J connectivity index is 1.80. The van der Waals surface area contributed by atoms with Crippen molar-refractivity contribution in [2.24, 2.45) is 0 Å². The van der Waals surface area contributed by atoms with E-state index in [4.69, 9.17) is 4.74 Å². The van der Waals surface area contributed by atoms with Crippen molar-refractivity contribution in [1.29, 1.82) is 0 Å². The van der Waals surface area contributed by atoms with Crippen LogP contribution in [0.2, 0.25) is 0 Å². The van der Waals surface area contributed by atoms with E-state index >= 15 is 0 Å². The molecule has 0 saturated carbocycles. The standard InChI is InChI=1S/C22H21FN2O2/c1-14-11-17(20-9-10-24-13-21(20)23)7-8-19(14)22(26)25-15(2)16-5-4-6-18(12-16)27-3/h4-13,15H,1-3H3,(H,25,26). The molecule has 3 rings (SSSR count). The highest BCUT2D eigenvalue weighted by molar-refractivity contribution is 5.96. The van der Waals surface area contributed by atoms with Crippen LogP contribution in [-0.4, -0.2) is 18.0 Å². The molecule has 5 heteroatoms. The first-order valence-corrected chi connectivity index (χ1v) is 8.65. The van der Waals surface area contributed by atoms with Gasteiger partial charge in [-0.15, -0.1) is 0 Å². The molecule has 0 aliphatic heterocycles. The Labute approximate surface area is 158 Å². The molecule has 0 aliphatic rings. The Bertz CT molecular complexity index is 972. The molecule has 2 aromatic carbocycles. The molecule has 1 amide bonds. The number of carbonyl (C=O) groups excluding carboxylic acids is 1. The number of pyridine rings is 1. The number of hydrogen-bond acceptors (Lipinski definition) is 3. The molecule has 0 bridgehead atoms. The molecule has 1 aromatic heterocycles. The summed E-state index contributed by atoms with van der Waals surface area (Å²) in [5, 5.41) is 3.00. The minimum Gasteiger partial charge on any atom is -0.497 e. The highest BCUT2D eigenvalue weighted by Gasteiger charge is 2.15. The number of amides is 1. The van der Waals surface area contributed by atoms with Crippen LogP contribution in [-0.2, 0) is 0 Å². The predicted molar refractivity (Wildman–Crippen MR) is 103 cm³/mol. The number of hydrogen-bond donors (Lipinski definition) is 1. The van der Waals surface area contributed by atoms with Crippen molar-refractivity contribution >= 4 is 5.91 Å². The van der Waals surface area contributed by atoms with E-state index in [9.17, 15) is 9.18 Å². The zero-order chi connectivity index (χ0) is 19.4. The molecule has 4 nitrogen and oxygen atoms in total. The largest absolute Gasteiger partial charge is 0.497 e. The van der Waals surface area contributed by atoms with Gasteiger partial charge in [-0.1, -0.05) is 24.3 Å². The summed E-state index contributed by atoms with van der Waals surface area (Å²) >= 11 is 0. The Morgan fingerprint density at radius 1 is 1.19 bits per heavy atom. The van der Waals surface area contributed by atoms with Gasteiger partial charge in [0.1, 0.15) is 11.6 Å². The Morgan fingerprint density at radius 2 is 2.00 bits per heavy atom. The molecule has 27 heavy (non-hydrogen) atoms. The van der Waals surface area contributed by atoms with Gasteiger partial charge in [-0.3, -0.25) is 9.78 Å². The molecule has 0 radical (unpaired) electrons. The van der Waals surface area contributed by atoms with Crippen LogP contribution in [0.25, 0.3) is 11.1 Å². The zero-order valence-corrected chi connectivity index (χ0v) is 15.5. The van der Waals surface area contributed by atoms with Gasteiger partial charge in [0.2, 0.25) is 0 Å². The molecular formula is C22H21FN2O2. The number of aromatic nitrogens is 1. The number of benzene rings is 2. The number of aryl methyl sites for hydroxylation is 1. The maximum absolute atomic E-state index is 13.9. The number of rotatable bonds is 5. The quantitative estimate of drug-likeness (QED) is 0.714. The number of carbonyl (C=O) groups is 1. The fourth-order valence-electron chi connectivity index (χ4n) is 2.96. The number of halogens is 1. The van der Waals surface area contributed by atoms with E-state index < -0.39 is 0 Å². The maximum Gasteiger partial charge on any atom is 0.252 e. The Morgan fingerprint density at radius 3 is 2.70 bits per heavy atom. The SMILES string of the molecule is COc1cccc(C(C)NC(=O)c2ccc(-c3ccncc3F)cc2C)c1. The lowest BCUT2D eigenvalue weighted by molar-refractivity contribution is 0.0939. The third-order valence-corrected chi connectivity index (χ3v) is 4.50. The van der Waals surface area contributed by atoms with Gasteiger partial charge in [0.15, 0.2) is 0 Å². The molecule has 1 N–H and O–H groups in total. The van der Waals surface area contributed by atoms with E-state index in [1.165, 1.54) is 6.20 Å². The number of methoxy groups -OCH3 is 1. The smallest absolute Gasteiger partial charge is 0.252 e. The van der Waals surface area contributed by atoms with Gasteiger partial charge in [0, 0.05) is 17.3 Å². The minimum absolute atomic E-state index is 0.176. The third kappa shape index (κ3) is 4.14. The van der Waals surface area contributed by atoms with Crippen molar-refractivity contribution in [3.8, 4) is 16.9 Å². The van der Waals surface area contributed by atoms with Gasteiger partial charge in [-0.05, 0) is 54.8 Å². The summed E-state index contributed by atoms with van der Waals surface area (Å²) in [7, 11) is 1.61. The van der Waals surface area contributed by atoms with Crippen LogP contribution >= 0.6 is 0 Å². The summed E-state index contributed by atoms with van der Waals surface area (Å²) in [5.41, 5.74) is 3.47. The Hall–Kier alpha value is -3.21. The van der Waals surface area contributed by atoms with Crippen molar-refractivity contribution in [3.63, 3.8) is 0 Å². The van der Waals surface area contributed by atoms with Gasteiger partial charge < -0.3 is 10.1 Å². The van der Waals surface area contributed by atoms with Gasteiger partial charge in [-0.25, -0.2) is 4.39 Å². The average molecular weight is 364 g/mol. The molecular weight excluding hydrogens is 343 g/mol. The van der Waals surface area contributed by atoms with Gasteiger partial charge in [-0.2, -0.15) is 0 Å². The minimum atomic E-state index is -0.388. The molecule has 0 fully saturated rings.